The van der Waals surface area contributed by atoms with Gasteiger partial charge in [-0.1, -0.05) is 18.2 Å². The molecule has 0 aromatic heterocycles. The lowest BCUT2D eigenvalue weighted by Crippen LogP contribution is -3.08. The van der Waals surface area contributed by atoms with Crippen molar-refractivity contribution in [2.75, 3.05) is 26.8 Å². The Kier molecular flexibility index (Phi) is 11.4. The van der Waals surface area contributed by atoms with Gasteiger partial charge in [-0.25, -0.2) is 4.79 Å². The maximum atomic E-state index is 12.6. The van der Waals surface area contributed by atoms with E-state index in [1.165, 1.54) is 25.5 Å². The summed E-state index contributed by atoms with van der Waals surface area (Å²) < 4.78 is 21.7. The molecule has 3 heterocycles. The van der Waals surface area contributed by atoms with Gasteiger partial charge in [0, 0.05) is 17.9 Å². The molecule has 9 atom stereocenters. The van der Waals surface area contributed by atoms with Crippen molar-refractivity contribution in [1.82, 2.24) is 0 Å². The highest BCUT2D eigenvalue weighted by Gasteiger charge is 2.47. The number of rotatable bonds is 12. The molecule has 3 aliphatic rings. The number of esters is 1. The smallest absolute Gasteiger partial charge is 0.337 e. The minimum Gasteiger partial charge on any atom is -0.545 e. The van der Waals surface area contributed by atoms with Crippen LogP contribution >= 0.6 is 0 Å². The van der Waals surface area contributed by atoms with E-state index in [1.54, 1.807) is 12.2 Å². The van der Waals surface area contributed by atoms with E-state index < -0.39 is 73.3 Å². The van der Waals surface area contributed by atoms with Gasteiger partial charge in [0.05, 0.1) is 56.0 Å². The molecule has 0 aromatic carbocycles. The summed E-state index contributed by atoms with van der Waals surface area (Å²) in [4.78, 5) is 35.8. The van der Waals surface area contributed by atoms with E-state index in [2.05, 4.69) is 6.58 Å². The second-order valence-corrected chi connectivity index (χ2v) is 9.79. The Labute approximate surface area is 235 Å². The van der Waals surface area contributed by atoms with Gasteiger partial charge in [0.2, 0.25) is 6.29 Å². The summed E-state index contributed by atoms with van der Waals surface area (Å²) in [5, 5.41) is 60.5. The maximum Gasteiger partial charge on any atom is 0.337 e. The number of quaternary nitrogens is 1. The summed E-state index contributed by atoms with van der Waals surface area (Å²) in [6, 6.07) is 0. The maximum absolute atomic E-state index is 12.6. The number of aliphatic carboxylic acids is 2. The molecule has 1 fully saturated rings. The third-order valence-electron chi connectivity index (χ3n) is 7.00. The van der Waals surface area contributed by atoms with Crippen LogP contribution in [-0.4, -0.2) is 107 Å². The van der Waals surface area contributed by atoms with Crippen molar-refractivity contribution in [3.8, 4) is 0 Å². The fraction of sp³-hybridized carbons (Fsp3) is 0.519. The molecule has 1 saturated heterocycles. The van der Waals surface area contributed by atoms with E-state index >= 15 is 0 Å². The van der Waals surface area contributed by atoms with Crippen LogP contribution < -0.4 is 10.0 Å². The van der Waals surface area contributed by atoms with Crippen LogP contribution in [0.5, 0.6) is 0 Å². The molecule has 0 aromatic rings. The van der Waals surface area contributed by atoms with Crippen molar-refractivity contribution in [2.45, 2.75) is 49.8 Å². The van der Waals surface area contributed by atoms with E-state index in [0.29, 0.717) is 30.0 Å². The number of carboxylic acids is 2. The Bertz CT molecular complexity index is 1110. The van der Waals surface area contributed by atoms with Gasteiger partial charge in [-0.2, -0.15) is 0 Å². The number of hydrogen-bond donors (Lipinski definition) is 6. The largest absolute Gasteiger partial charge is 0.545 e. The molecule has 0 spiro atoms. The zero-order valence-corrected chi connectivity index (χ0v) is 22.3. The highest BCUT2D eigenvalue weighted by molar-refractivity contribution is 5.89. The third kappa shape index (κ3) is 7.89. The van der Waals surface area contributed by atoms with Gasteiger partial charge in [-0.15, -0.1) is 6.58 Å². The summed E-state index contributed by atoms with van der Waals surface area (Å²) in [6.07, 6.45) is -0.0187. The highest BCUT2D eigenvalue weighted by Crippen LogP contribution is 2.36. The normalized spacial score (nSPS) is 33.7. The van der Waals surface area contributed by atoms with Crippen molar-refractivity contribution in [3.05, 3.63) is 60.1 Å². The molecule has 0 aliphatic carbocycles. The van der Waals surface area contributed by atoms with Crippen molar-refractivity contribution < 1.29 is 68.9 Å². The summed E-state index contributed by atoms with van der Waals surface area (Å²) in [5.41, 5.74) is 0.558. The topological polar surface area (TPSA) is 217 Å². The number of methoxy groups -OCH3 is 1. The zero-order valence-electron chi connectivity index (χ0n) is 22.3. The Morgan fingerprint density at radius 1 is 1.20 bits per heavy atom. The molecule has 41 heavy (non-hydrogen) atoms. The number of carboxylic acid groups (broad SMARTS) is 2. The first-order chi connectivity index (χ1) is 19.5. The van der Waals surface area contributed by atoms with Crippen molar-refractivity contribution in [1.29, 1.82) is 0 Å². The van der Waals surface area contributed by atoms with Gasteiger partial charge in [-0.3, -0.25) is 4.79 Å². The van der Waals surface area contributed by atoms with E-state index in [1.807, 2.05) is 0 Å². The quantitative estimate of drug-likeness (QED) is 0.0976. The Morgan fingerprint density at radius 3 is 2.54 bits per heavy atom. The van der Waals surface area contributed by atoms with Crippen LogP contribution in [-0.2, 0) is 33.3 Å². The number of allylic oxidation sites excluding steroid dienone is 1. The molecule has 9 unspecified atom stereocenters. The van der Waals surface area contributed by atoms with Crippen LogP contribution in [0.2, 0.25) is 0 Å². The fourth-order valence-corrected chi connectivity index (χ4v) is 4.82. The monoisotopic (exact) mass is 581 g/mol. The van der Waals surface area contributed by atoms with E-state index in [4.69, 9.17) is 24.1 Å². The number of hydrogen-bond acceptors (Lipinski definition) is 12. The van der Waals surface area contributed by atoms with Crippen molar-refractivity contribution in [3.63, 3.8) is 0 Å². The minimum atomic E-state index is -1.70. The predicted octanol–water partition coefficient (Wildman–Crippen LogP) is -3.49. The van der Waals surface area contributed by atoms with Gasteiger partial charge >= 0.3 is 11.9 Å². The van der Waals surface area contributed by atoms with Crippen LogP contribution in [0.15, 0.2) is 60.1 Å². The third-order valence-corrected chi connectivity index (χ3v) is 7.00. The van der Waals surface area contributed by atoms with Gasteiger partial charge in [-0.05, 0) is 6.08 Å². The Morgan fingerprint density at radius 2 is 1.93 bits per heavy atom. The molecular weight excluding hydrogens is 546 g/mol. The first-order valence-corrected chi connectivity index (χ1v) is 12.9. The molecule has 6 N–H and O–H groups in total. The minimum absolute atomic E-state index is 0.0703. The predicted molar refractivity (Wildman–Crippen MR) is 135 cm³/mol. The number of aliphatic hydroxyl groups is 4. The van der Waals surface area contributed by atoms with Gasteiger partial charge < -0.3 is 59.3 Å². The SMILES string of the molecule is C=CC1C(OC2OC(CO)C(O)C(O)C2O)OC=C(C(=O)OC)C1C=CC1=CC(C(=O)[O-])=C[NH+](CCCC(=O)O)C1. The van der Waals surface area contributed by atoms with Crippen LogP contribution in [0.1, 0.15) is 12.8 Å². The number of carbonyl (C=O) groups is 3. The first-order valence-electron chi connectivity index (χ1n) is 12.9. The lowest BCUT2D eigenvalue weighted by atomic mass is 9.83. The number of carbonyl (C=O) groups excluding carboxylic acids is 2. The summed E-state index contributed by atoms with van der Waals surface area (Å²) in [7, 11) is 1.18. The summed E-state index contributed by atoms with van der Waals surface area (Å²) >= 11 is 0. The van der Waals surface area contributed by atoms with Crippen LogP contribution in [0.25, 0.3) is 0 Å². The van der Waals surface area contributed by atoms with Crippen LogP contribution in [0, 0.1) is 11.8 Å². The van der Waals surface area contributed by atoms with E-state index in [9.17, 15) is 39.9 Å². The number of aliphatic hydroxyl groups excluding tert-OH is 4. The standard InChI is InChI=1S/C27H35NO13/c1-3-16-17(7-6-14-9-15(24(35)36)11-28(10-14)8-4-5-20(30)31)18(25(37)38-2)13-39-26(16)41-27-23(34)22(33)21(32)19(12-29)40-27/h3,6-7,9,11,13,16-17,19,21-23,26-27,29,32-34H,1,4-5,8,10,12H2,2H3,(H,30,31)(H,35,36). The molecule has 0 amide bonds. The average Bonchev–Trinajstić information content (AvgIpc) is 2.95. The van der Waals surface area contributed by atoms with Gasteiger partial charge in [0.15, 0.2) is 6.29 Å². The second kappa shape index (κ2) is 14.5. The lowest BCUT2D eigenvalue weighted by Gasteiger charge is -2.42. The van der Waals surface area contributed by atoms with Crippen LogP contribution in [0.3, 0.4) is 0 Å². The molecule has 0 saturated carbocycles. The molecule has 0 radical (unpaired) electrons. The summed E-state index contributed by atoms with van der Waals surface area (Å²) in [6.45, 7) is 3.83. The summed E-state index contributed by atoms with van der Waals surface area (Å²) in [5.74, 6) is -4.65. The fourth-order valence-electron chi connectivity index (χ4n) is 4.82. The van der Waals surface area contributed by atoms with E-state index in [-0.39, 0.29) is 17.6 Å². The molecule has 14 nitrogen and oxygen atoms in total. The van der Waals surface area contributed by atoms with Gasteiger partial charge in [0.25, 0.3) is 0 Å². The molecule has 14 heteroatoms. The first kappa shape index (κ1) is 32.1. The molecule has 3 aliphatic heterocycles. The van der Waals surface area contributed by atoms with Crippen LogP contribution in [0.4, 0.5) is 0 Å². The van der Waals surface area contributed by atoms with E-state index in [0.717, 1.165) is 6.26 Å². The molecule has 226 valence electrons. The highest BCUT2D eigenvalue weighted by atomic mass is 16.8. The number of ether oxygens (including phenoxy) is 4. The van der Waals surface area contributed by atoms with Crippen molar-refractivity contribution >= 4 is 17.9 Å². The van der Waals surface area contributed by atoms with Crippen molar-refractivity contribution in [2.24, 2.45) is 11.8 Å². The molecular formula is C27H35NO13. The Balaban J connectivity index is 1.85. The average molecular weight is 582 g/mol. The Hall–Kier alpha value is -3.37. The second-order valence-electron chi connectivity index (χ2n) is 9.79. The molecule has 0 bridgehead atoms. The zero-order chi connectivity index (χ0) is 30.3. The lowest BCUT2D eigenvalue weighted by molar-refractivity contribution is -0.842. The molecule has 3 rings (SSSR count). The number of nitrogens with one attached hydrogen (secondary N) is 1. The van der Waals surface area contributed by atoms with Gasteiger partial charge in [0.1, 0.15) is 37.2 Å².